The highest BCUT2D eigenvalue weighted by Crippen LogP contribution is 2.37. The number of aliphatic imine (C=N–C) groups is 1. The highest BCUT2D eigenvalue weighted by Gasteiger charge is 2.30. The maximum atomic E-state index is 12.1. The Labute approximate surface area is 184 Å². The van der Waals surface area contributed by atoms with Gasteiger partial charge < -0.3 is 9.64 Å². The summed E-state index contributed by atoms with van der Waals surface area (Å²) in [4.78, 5) is 18.1. The molecular formula is C25H32N4O2. The Morgan fingerprint density at radius 1 is 1.35 bits per heavy atom. The van der Waals surface area contributed by atoms with Crippen molar-refractivity contribution in [3.63, 3.8) is 0 Å². The molecule has 0 aliphatic carbocycles. The predicted molar refractivity (Wildman–Crippen MR) is 124 cm³/mol. The molecule has 1 aromatic carbocycles. The SMILES string of the molecule is C=N/C=C(/CC)c1cccc(-c2nn(C3CCOCC3)c3c2CN(C(C)=O)CC3)c1C. The summed E-state index contributed by atoms with van der Waals surface area (Å²) in [5.41, 5.74) is 8.15. The molecule has 1 aromatic heterocycles. The molecule has 0 atom stereocenters. The van der Waals surface area contributed by atoms with Crippen molar-refractivity contribution >= 4 is 18.2 Å². The maximum Gasteiger partial charge on any atom is 0.219 e. The second-order valence-corrected chi connectivity index (χ2v) is 8.42. The molecular weight excluding hydrogens is 388 g/mol. The van der Waals surface area contributed by atoms with Gasteiger partial charge in [0, 0.05) is 62.7 Å². The van der Waals surface area contributed by atoms with Crippen molar-refractivity contribution in [2.24, 2.45) is 4.99 Å². The van der Waals surface area contributed by atoms with Gasteiger partial charge in [-0.1, -0.05) is 25.1 Å². The molecule has 0 spiro atoms. The highest BCUT2D eigenvalue weighted by molar-refractivity contribution is 5.78. The van der Waals surface area contributed by atoms with E-state index in [9.17, 15) is 4.79 Å². The maximum absolute atomic E-state index is 12.1. The Hall–Kier alpha value is -2.73. The van der Waals surface area contributed by atoms with Gasteiger partial charge in [0.05, 0.1) is 11.7 Å². The van der Waals surface area contributed by atoms with Crippen LogP contribution in [0.2, 0.25) is 0 Å². The molecule has 0 saturated carbocycles. The van der Waals surface area contributed by atoms with Crippen LogP contribution >= 0.6 is 0 Å². The number of carbonyl (C=O) groups is 1. The van der Waals surface area contributed by atoms with E-state index in [1.165, 1.54) is 22.4 Å². The van der Waals surface area contributed by atoms with Crippen molar-refractivity contribution in [2.45, 2.75) is 59.0 Å². The lowest BCUT2D eigenvalue weighted by atomic mass is 9.91. The van der Waals surface area contributed by atoms with Crippen molar-refractivity contribution in [1.82, 2.24) is 14.7 Å². The molecule has 1 saturated heterocycles. The lowest BCUT2D eigenvalue weighted by Crippen LogP contribution is -2.35. The summed E-state index contributed by atoms with van der Waals surface area (Å²) in [7, 11) is 0. The zero-order valence-electron chi connectivity index (χ0n) is 18.9. The summed E-state index contributed by atoms with van der Waals surface area (Å²) < 4.78 is 7.84. The first-order valence-electron chi connectivity index (χ1n) is 11.2. The number of amides is 1. The van der Waals surface area contributed by atoms with E-state index in [0.29, 0.717) is 12.6 Å². The summed E-state index contributed by atoms with van der Waals surface area (Å²) in [6.07, 6.45) is 5.54. The number of benzene rings is 1. The van der Waals surface area contributed by atoms with Crippen molar-refractivity contribution in [3.8, 4) is 11.3 Å². The first-order valence-corrected chi connectivity index (χ1v) is 11.2. The Bertz CT molecular complexity index is 1010. The van der Waals surface area contributed by atoms with E-state index in [-0.39, 0.29) is 5.91 Å². The van der Waals surface area contributed by atoms with E-state index < -0.39 is 0 Å². The van der Waals surface area contributed by atoms with Gasteiger partial charge >= 0.3 is 0 Å². The fourth-order valence-electron chi connectivity index (χ4n) is 4.86. The van der Waals surface area contributed by atoms with Crippen LogP contribution in [0.1, 0.15) is 61.5 Å². The van der Waals surface area contributed by atoms with Gasteiger partial charge in [-0.25, -0.2) is 0 Å². The summed E-state index contributed by atoms with van der Waals surface area (Å²) in [5, 5.41) is 5.18. The number of aromatic nitrogens is 2. The number of carbonyl (C=O) groups excluding carboxylic acids is 1. The quantitative estimate of drug-likeness (QED) is 0.666. The van der Waals surface area contributed by atoms with Crippen LogP contribution in [-0.2, 0) is 22.5 Å². The normalized spacial score (nSPS) is 17.5. The van der Waals surface area contributed by atoms with Crippen LogP contribution in [0.15, 0.2) is 29.4 Å². The Kier molecular flexibility index (Phi) is 6.37. The molecule has 1 amide bonds. The van der Waals surface area contributed by atoms with Gasteiger partial charge in [-0.05, 0) is 49.6 Å². The first-order chi connectivity index (χ1) is 15.0. The third-order valence-corrected chi connectivity index (χ3v) is 6.63. The van der Waals surface area contributed by atoms with Crippen molar-refractivity contribution < 1.29 is 9.53 Å². The zero-order valence-corrected chi connectivity index (χ0v) is 18.9. The second-order valence-electron chi connectivity index (χ2n) is 8.42. The van der Waals surface area contributed by atoms with Crippen molar-refractivity contribution in [1.29, 1.82) is 0 Å². The second kappa shape index (κ2) is 9.18. The van der Waals surface area contributed by atoms with Crippen LogP contribution < -0.4 is 0 Å². The molecule has 1 fully saturated rings. The third kappa shape index (κ3) is 4.09. The lowest BCUT2D eigenvalue weighted by molar-refractivity contribution is -0.129. The van der Waals surface area contributed by atoms with Crippen LogP contribution in [0, 0.1) is 6.92 Å². The summed E-state index contributed by atoms with van der Waals surface area (Å²) in [5.74, 6) is 0.120. The van der Waals surface area contributed by atoms with E-state index in [2.05, 4.69) is 48.4 Å². The largest absolute Gasteiger partial charge is 0.381 e. The standard InChI is InChI=1S/C25H32N4O2/c1-5-19(15-26-4)21-7-6-8-22(17(21)2)25-23-16-28(18(3)30)12-9-24(23)29(27-25)20-10-13-31-14-11-20/h6-8,15,20H,4-5,9-14,16H2,1-3H3/b19-15-. The summed E-state index contributed by atoms with van der Waals surface area (Å²) >= 11 is 0. The van der Waals surface area contributed by atoms with Gasteiger partial charge in [-0.3, -0.25) is 14.5 Å². The number of rotatable bonds is 5. The first kappa shape index (κ1) is 21.5. The van der Waals surface area contributed by atoms with Gasteiger partial charge in [-0.15, -0.1) is 0 Å². The fourth-order valence-corrected chi connectivity index (χ4v) is 4.86. The number of fused-ring (bicyclic) bond motifs is 1. The van der Waals surface area contributed by atoms with Crippen LogP contribution in [0.25, 0.3) is 16.8 Å². The summed E-state index contributed by atoms with van der Waals surface area (Å²) in [6, 6.07) is 6.75. The number of hydrogen-bond acceptors (Lipinski definition) is 4. The van der Waals surface area contributed by atoms with Gasteiger partial charge in [0.25, 0.3) is 0 Å². The summed E-state index contributed by atoms with van der Waals surface area (Å²) in [6.45, 7) is 12.5. The molecule has 0 unspecified atom stereocenters. The Balaban J connectivity index is 1.85. The highest BCUT2D eigenvalue weighted by atomic mass is 16.5. The molecule has 4 rings (SSSR count). The monoisotopic (exact) mass is 420 g/mol. The van der Waals surface area contributed by atoms with Crippen LogP contribution in [0.5, 0.6) is 0 Å². The molecule has 164 valence electrons. The van der Waals surface area contributed by atoms with E-state index in [4.69, 9.17) is 9.84 Å². The van der Waals surface area contributed by atoms with Gasteiger partial charge in [-0.2, -0.15) is 5.10 Å². The number of ether oxygens (including phenoxy) is 1. The topological polar surface area (TPSA) is 59.7 Å². The average Bonchev–Trinajstić information content (AvgIpc) is 3.17. The molecule has 0 bridgehead atoms. The molecule has 2 aromatic rings. The number of nitrogens with zero attached hydrogens (tertiary/aromatic N) is 4. The molecule has 6 nitrogen and oxygen atoms in total. The molecule has 0 radical (unpaired) electrons. The fraction of sp³-hybridized carbons (Fsp3) is 0.480. The Morgan fingerprint density at radius 2 is 2.13 bits per heavy atom. The van der Waals surface area contributed by atoms with Crippen molar-refractivity contribution in [2.75, 3.05) is 19.8 Å². The van der Waals surface area contributed by atoms with E-state index >= 15 is 0 Å². The van der Waals surface area contributed by atoms with Crippen LogP contribution in [0.3, 0.4) is 0 Å². The minimum atomic E-state index is 0.120. The van der Waals surface area contributed by atoms with E-state index in [1.807, 2.05) is 11.1 Å². The van der Waals surface area contributed by atoms with Crippen LogP contribution in [0.4, 0.5) is 0 Å². The molecule has 3 heterocycles. The van der Waals surface area contributed by atoms with E-state index in [0.717, 1.165) is 62.3 Å². The molecule has 2 aliphatic heterocycles. The lowest BCUT2D eigenvalue weighted by Gasteiger charge is -2.29. The van der Waals surface area contributed by atoms with Gasteiger partial charge in [0.15, 0.2) is 0 Å². The molecule has 2 aliphatic rings. The number of hydrogen-bond donors (Lipinski definition) is 0. The molecule has 31 heavy (non-hydrogen) atoms. The van der Waals surface area contributed by atoms with E-state index in [1.54, 1.807) is 6.92 Å². The molecule has 0 N–H and O–H groups in total. The van der Waals surface area contributed by atoms with Gasteiger partial charge in [0.2, 0.25) is 5.91 Å². The predicted octanol–water partition coefficient (Wildman–Crippen LogP) is 4.57. The van der Waals surface area contributed by atoms with Gasteiger partial charge in [0.1, 0.15) is 0 Å². The molecule has 6 heteroatoms. The zero-order chi connectivity index (χ0) is 22.0. The minimum Gasteiger partial charge on any atom is -0.381 e. The minimum absolute atomic E-state index is 0.120. The third-order valence-electron chi connectivity index (χ3n) is 6.63. The Morgan fingerprint density at radius 3 is 2.81 bits per heavy atom. The average molecular weight is 421 g/mol. The number of allylic oxidation sites excluding steroid dienone is 1. The van der Waals surface area contributed by atoms with Crippen LogP contribution in [-0.4, -0.2) is 47.1 Å². The smallest absolute Gasteiger partial charge is 0.219 e. The van der Waals surface area contributed by atoms with Crippen molar-refractivity contribution in [3.05, 3.63) is 46.8 Å².